The van der Waals surface area contributed by atoms with Crippen LogP contribution in [0.3, 0.4) is 0 Å². The van der Waals surface area contributed by atoms with E-state index in [4.69, 9.17) is 9.47 Å². The number of esters is 1. The molecule has 0 fully saturated rings. The van der Waals surface area contributed by atoms with Crippen molar-refractivity contribution >= 4 is 11.8 Å². The maximum Gasteiger partial charge on any atom is 0.334 e. The molecule has 2 atom stereocenters. The van der Waals surface area contributed by atoms with E-state index in [9.17, 15) is 9.59 Å². The van der Waals surface area contributed by atoms with Gasteiger partial charge in [0.1, 0.15) is 5.75 Å². The predicted octanol–water partition coefficient (Wildman–Crippen LogP) is 3.78. The molecule has 1 aliphatic rings. The lowest BCUT2D eigenvalue weighted by Gasteiger charge is -2.20. The summed E-state index contributed by atoms with van der Waals surface area (Å²) in [6.07, 6.45) is 0.667. The minimum Gasteiger partial charge on any atom is -0.481 e. The number of fused-ring (bicyclic) bond motifs is 1. The number of Topliss-reactive ketones (excluding diaryl/α,β-unsaturated/α-hetero) is 1. The van der Waals surface area contributed by atoms with Gasteiger partial charge >= 0.3 is 5.97 Å². The number of hydrogen-bond donors (Lipinski definition) is 0. The van der Waals surface area contributed by atoms with Gasteiger partial charge in [0.25, 0.3) is 0 Å². The molecule has 116 valence electrons. The fraction of sp³-hybridized carbons (Fsp3) is 0.333. The van der Waals surface area contributed by atoms with Gasteiger partial charge in [-0.25, -0.2) is 4.79 Å². The zero-order chi connectivity index (χ0) is 16.4. The molecular weight excluding hydrogens is 280 g/mol. The molecule has 0 N–H and O–H groups in total. The molecule has 0 radical (unpaired) electrons. The Morgan fingerprint density at radius 3 is 2.50 bits per heavy atom. The highest BCUT2D eigenvalue weighted by Crippen LogP contribution is 2.42. The molecule has 4 heteroatoms. The lowest BCUT2D eigenvalue weighted by molar-refractivity contribution is -0.146. The summed E-state index contributed by atoms with van der Waals surface area (Å²) in [5, 5.41) is 0. The smallest absolute Gasteiger partial charge is 0.334 e. The Morgan fingerprint density at radius 1 is 1.27 bits per heavy atom. The Balaban J connectivity index is 2.41. The highest BCUT2D eigenvalue weighted by atomic mass is 16.6. The van der Waals surface area contributed by atoms with Crippen molar-refractivity contribution in [2.24, 2.45) is 0 Å². The maximum absolute atomic E-state index is 12.1. The van der Waals surface area contributed by atoms with Gasteiger partial charge in [0.15, 0.2) is 18.0 Å². The van der Waals surface area contributed by atoms with Crippen molar-refractivity contribution in [2.75, 3.05) is 0 Å². The topological polar surface area (TPSA) is 52.6 Å². The average Bonchev–Trinajstić information content (AvgIpc) is 2.84. The van der Waals surface area contributed by atoms with Crippen molar-refractivity contribution in [1.29, 1.82) is 0 Å². The van der Waals surface area contributed by atoms with Crippen LogP contribution in [-0.2, 0) is 9.53 Å². The molecule has 0 aliphatic carbocycles. The zero-order valence-corrected chi connectivity index (χ0v) is 13.3. The third-order valence-corrected chi connectivity index (χ3v) is 3.73. The maximum atomic E-state index is 12.1. The molecule has 0 bridgehead atoms. The standard InChI is InChI=1S/C18H20O4/c1-6-11(4)18(20)22-17-14-9-13(12(5)19)7-8-15(14)21-16(17)10(2)3/h6-9,16-17H,2H2,1,3-5H3/b11-6-/t16-,17+/m1/s1. The highest BCUT2D eigenvalue weighted by molar-refractivity contribution is 5.94. The van der Waals surface area contributed by atoms with Crippen molar-refractivity contribution in [3.05, 3.63) is 53.1 Å². The van der Waals surface area contributed by atoms with Gasteiger partial charge in [-0.2, -0.15) is 0 Å². The summed E-state index contributed by atoms with van der Waals surface area (Å²) in [5.41, 5.74) is 2.56. The Labute approximate surface area is 130 Å². The summed E-state index contributed by atoms with van der Waals surface area (Å²) in [5.74, 6) is 0.175. The molecule has 1 aromatic rings. The Kier molecular flexibility index (Phi) is 4.50. The van der Waals surface area contributed by atoms with E-state index < -0.39 is 18.2 Å². The Bertz CT molecular complexity index is 670. The van der Waals surface area contributed by atoms with E-state index >= 15 is 0 Å². The van der Waals surface area contributed by atoms with Gasteiger partial charge in [0.2, 0.25) is 0 Å². The Morgan fingerprint density at radius 2 is 1.95 bits per heavy atom. The number of ether oxygens (including phenoxy) is 2. The van der Waals surface area contributed by atoms with E-state index in [-0.39, 0.29) is 5.78 Å². The largest absolute Gasteiger partial charge is 0.481 e. The first kappa shape index (κ1) is 16.0. The monoisotopic (exact) mass is 300 g/mol. The fourth-order valence-corrected chi connectivity index (χ4v) is 2.27. The van der Waals surface area contributed by atoms with Crippen LogP contribution in [0.5, 0.6) is 5.75 Å². The summed E-state index contributed by atoms with van der Waals surface area (Å²) in [7, 11) is 0. The second kappa shape index (κ2) is 6.18. The normalized spacial score (nSPS) is 20.1. The summed E-state index contributed by atoms with van der Waals surface area (Å²) in [6, 6.07) is 5.17. The molecule has 22 heavy (non-hydrogen) atoms. The molecule has 1 aliphatic heterocycles. The number of rotatable bonds is 4. The zero-order valence-electron chi connectivity index (χ0n) is 13.3. The van der Waals surface area contributed by atoms with Crippen LogP contribution in [0, 0.1) is 0 Å². The average molecular weight is 300 g/mol. The van der Waals surface area contributed by atoms with E-state index in [0.717, 1.165) is 5.57 Å². The van der Waals surface area contributed by atoms with Crippen molar-refractivity contribution < 1.29 is 19.1 Å². The van der Waals surface area contributed by atoms with E-state index in [1.54, 1.807) is 38.1 Å². The SMILES string of the molecule is C=C(C)[C@H]1Oc2ccc(C(C)=O)cc2[C@@H]1OC(=O)/C(C)=C\C. The quantitative estimate of drug-likeness (QED) is 0.367. The number of carbonyl (C=O) groups excluding carboxylic acids is 2. The molecule has 0 saturated heterocycles. The van der Waals surface area contributed by atoms with Crippen molar-refractivity contribution in [3.8, 4) is 5.75 Å². The third kappa shape index (κ3) is 2.96. The third-order valence-electron chi connectivity index (χ3n) is 3.73. The van der Waals surface area contributed by atoms with Crippen molar-refractivity contribution in [1.82, 2.24) is 0 Å². The minimum atomic E-state index is -0.589. The second-order valence-corrected chi connectivity index (χ2v) is 5.49. The summed E-state index contributed by atoms with van der Waals surface area (Å²) >= 11 is 0. The predicted molar refractivity (Wildman–Crippen MR) is 83.9 cm³/mol. The molecule has 1 aromatic carbocycles. The van der Waals surface area contributed by atoms with Gasteiger partial charge < -0.3 is 9.47 Å². The number of benzene rings is 1. The van der Waals surface area contributed by atoms with E-state index in [1.807, 2.05) is 6.92 Å². The van der Waals surface area contributed by atoms with Gasteiger partial charge in [0.05, 0.1) is 0 Å². The van der Waals surface area contributed by atoms with Crippen molar-refractivity contribution in [3.63, 3.8) is 0 Å². The number of carbonyl (C=O) groups is 2. The molecule has 0 saturated carbocycles. The first-order chi connectivity index (χ1) is 10.3. The number of hydrogen-bond acceptors (Lipinski definition) is 4. The summed E-state index contributed by atoms with van der Waals surface area (Å²) in [4.78, 5) is 23.7. The molecule has 0 aromatic heterocycles. The summed E-state index contributed by atoms with van der Waals surface area (Å²) in [6.45, 7) is 10.7. The van der Waals surface area contributed by atoms with Gasteiger partial charge in [-0.1, -0.05) is 12.7 Å². The van der Waals surface area contributed by atoms with Crippen LogP contribution in [0.4, 0.5) is 0 Å². The lowest BCUT2D eigenvalue weighted by atomic mass is 9.99. The van der Waals surface area contributed by atoms with Crippen LogP contribution in [0.15, 0.2) is 42.0 Å². The Hall–Kier alpha value is -2.36. The van der Waals surface area contributed by atoms with Gasteiger partial charge in [-0.3, -0.25) is 4.79 Å². The number of allylic oxidation sites excluding steroid dienone is 1. The first-order valence-corrected chi connectivity index (χ1v) is 7.16. The van der Waals surface area contributed by atoms with Crippen LogP contribution >= 0.6 is 0 Å². The first-order valence-electron chi connectivity index (χ1n) is 7.16. The van der Waals surface area contributed by atoms with Gasteiger partial charge in [0, 0.05) is 16.7 Å². The van der Waals surface area contributed by atoms with Crippen LogP contribution in [0.2, 0.25) is 0 Å². The van der Waals surface area contributed by atoms with E-state index in [2.05, 4.69) is 6.58 Å². The van der Waals surface area contributed by atoms with Crippen LogP contribution in [-0.4, -0.2) is 17.9 Å². The van der Waals surface area contributed by atoms with Crippen LogP contribution in [0.25, 0.3) is 0 Å². The molecule has 0 unspecified atom stereocenters. The number of ketones is 1. The van der Waals surface area contributed by atoms with E-state index in [0.29, 0.717) is 22.4 Å². The van der Waals surface area contributed by atoms with Crippen LogP contribution in [0.1, 0.15) is 49.7 Å². The molecular formula is C18H20O4. The lowest BCUT2D eigenvalue weighted by Crippen LogP contribution is -2.24. The second-order valence-electron chi connectivity index (χ2n) is 5.49. The molecule has 0 amide bonds. The van der Waals surface area contributed by atoms with E-state index in [1.165, 1.54) is 6.92 Å². The van der Waals surface area contributed by atoms with Gasteiger partial charge in [-0.15, -0.1) is 0 Å². The summed E-state index contributed by atoms with van der Waals surface area (Å²) < 4.78 is 11.4. The van der Waals surface area contributed by atoms with Crippen molar-refractivity contribution in [2.45, 2.75) is 39.9 Å². The fourth-order valence-electron chi connectivity index (χ4n) is 2.27. The molecule has 1 heterocycles. The minimum absolute atomic E-state index is 0.0451. The molecule has 4 nitrogen and oxygen atoms in total. The van der Waals surface area contributed by atoms with Crippen LogP contribution < -0.4 is 4.74 Å². The molecule has 0 spiro atoms. The van der Waals surface area contributed by atoms with Gasteiger partial charge in [-0.05, 0) is 51.5 Å². The highest BCUT2D eigenvalue weighted by Gasteiger charge is 2.38. The molecule has 2 rings (SSSR count).